The summed E-state index contributed by atoms with van der Waals surface area (Å²) in [5, 5.41) is 4.12. The molecular formula is C6H7BrN2O. The highest BCUT2D eigenvalue weighted by molar-refractivity contribution is 9.10. The third-order valence-corrected chi connectivity index (χ3v) is 2.13. The molecule has 1 aromatic rings. The van der Waals surface area contributed by atoms with Crippen LogP contribution in [0.2, 0.25) is 0 Å². The largest absolute Gasteiger partial charge is 0.475 e. The molecule has 0 N–H and O–H groups in total. The Kier molecular flexibility index (Phi) is 1.23. The van der Waals surface area contributed by atoms with Crippen molar-refractivity contribution in [1.29, 1.82) is 0 Å². The fourth-order valence-electron chi connectivity index (χ4n) is 1.05. The van der Waals surface area contributed by atoms with Gasteiger partial charge >= 0.3 is 0 Å². The maximum absolute atomic E-state index is 5.34. The van der Waals surface area contributed by atoms with Crippen LogP contribution in [0.4, 0.5) is 0 Å². The van der Waals surface area contributed by atoms with E-state index in [0.717, 1.165) is 17.0 Å². The van der Waals surface area contributed by atoms with Gasteiger partial charge in [-0.2, -0.15) is 5.10 Å². The van der Waals surface area contributed by atoms with Crippen molar-refractivity contribution in [1.82, 2.24) is 9.78 Å². The van der Waals surface area contributed by atoms with Crippen LogP contribution < -0.4 is 4.74 Å². The van der Waals surface area contributed by atoms with Crippen LogP contribution in [0, 0.1) is 0 Å². The molecule has 1 aliphatic rings. The van der Waals surface area contributed by atoms with E-state index in [0.29, 0.717) is 6.04 Å². The Labute approximate surface area is 67.1 Å². The number of fused-ring (bicyclic) bond motifs is 1. The van der Waals surface area contributed by atoms with Gasteiger partial charge in [-0.3, -0.25) is 0 Å². The quantitative estimate of drug-likeness (QED) is 0.640. The summed E-state index contributed by atoms with van der Waals surface area (Å²) in [5.41, 5.74) is 0. The van der Waals surface area contributed by atoms with Crippen molar-refractivity contribution in [3.8, 4) is 5.88 Å². The van der Waals surface area contributed by atoms with Crippen LogP contribution in [0.1, 0.15) is 13.0 Å². The predicted octanol–water partition coefficient (Wildman–Crippen LogP) is 1.60. The summed E-state index contributed by atoms with van der Waals surface area (Å²) >= 11 is 3.34. The molecule has 54 valence electrons. The van der Waals surface area contributed by atoms with E-state index < -0.39 is 0 Å². The Balaban J connectivity index is 2.53. The molecule has 2 heterocycles. The van der Waals surface area contributed by atoms with Crippen molar-refractivity contribution in [2.75, 3.05) is 6.61 Å². The molecule has 1 unspecified atom stereocenters. The van der Waals surface area contributed by atoms with E-state index in [9.17, 15) is 0 Å². The number of nitrogens with zero attached hydrogens (tertiary/aromatic N) is 2. The molecule has 1 aromatic heterocycles. The maximum atomic E-state index is 5.34. The van der Waals surface area contributed by atoms with Gasteiger partial charge in [-0.15, -0.1) is 0 Å². The highest BCUT2D eigenvalue weighted by Gasteiger charge is 2.22. The lowest BCUT2D eigenvalue weighted by Gasteiger charge is -1.96. The van der Waals surface area contributed by atoms with Gasteiger partial charge < -0.3 is 4.74 Å². The van der Waals surface area contributed by atoms with Gasteiger partial charge in [0.15, 0.2) is 0 Å². The average Bonchev–Trinajstić information content (AvgIpc) is 2.41. The number of ether oxygens (including phenoxy) is 1. The SMILES string of the molecule is CC1COc2c(Br)cnn21. The highest BCUT2D eigenvalue weighted by atomic mass is 79.9. The van der Waals surface area contributed by atoms with Gasteiger partial charge in [0.05, 0.1) is 16.7 Å². The molecular weight excluding hydrogens is 196 g/mol. The van der Waals surface area contributed by atoms with E-state index in [1.54, 1.807) is 6.20 Å². The zero-order chi connectivity index (χ0) is 7.14. The van der Waals surface area contributed by atoms with Crippen molar-refractivity contribution in [3.63, 3.8) is 0 Å². The van der Waals surface area contributed by atoms with Gasteiger partial charge in [0.1, 0.15) is 6.61 Å². The summed E-state index contributed by atoms with van der Waals surface area (Å²) in [5.74, 6) is 0.854. The van der Waals surface area contributed by atoms with Gasteiger partial charge in [0.2, 0.25) is 5.88 Å². The van der Waals surface area contributed by atoms with E-state index >= 15 is 0 Å². The van der Waals surface area contributed by atoms with Gasteiger partial charge in [-0.25, -0.2) is 4.68 Å². The van der Waals surface area contributed by atoms with Gasteiger partial charge in [-0.1, -0.05) is 0 Å². The molecule has 0 saturated carbocycles. The highest BCUT2D eigenvalue weighted by Crippen LogP contribution is 2.31. The molecule has 2 rings (SSSR count). The predicted molar refractivity (Wildman–Crippen MR) is 40.1 cm³/mol. The second-order valence-corrected chi connectivity index (χ2v) is 3.26. The van der Waals surface area contributed by atoms with Crippen molar-refractivity contribution < 1.29 is 4.74 Å². The number of rotatable bonds is 0. The third kappa shape index (κ3) is 0.683. The van der Waals surface area contributed by atoms with Gasteiger partial charge in [0, 0.05) is 0 Å². The second-order valence-electron chi connectivity index (χ2n) is 2.40. The van der Waals surface area contributed by atoms with Crippen molar-refractivity contribution in [2.24, 2.45) is 0 Å². The van der Waals surface area contributed by atoms with Crippen LogP contribution in [0.25, 0.3) is 0 Å². The zero-order valence-electron chi connectivity index (χ0n) is 5.54. The summed E-state index contributed by atoms with van der Waals surface area (Å²) in [6.45, 7) is 2.82. The molecule has 3 nitrogen and oxygen atoms in total. The molecule has 0 fully saturated rings. The van der Waals surface area contributed by atoms with Crippen LogP contribution in [0.3, 0.4) is 0 Å². The normalized spacial score (nSPS) is 22.4. The smallest absolute Gasteiger partial charge is 0.226 e. The Bertz CT molecular complexity index is 258. The van der Waals surface area contributed by atoms with Crippen LogP contribution in [0.15, 0.2) is 10.7 Å². The lowest BCUT2D eigenvalue weighted by molar-refractivity contribution is 0.332. The zero-order valence-corrected chi connectivity index (χ0v) is 7.13. The lowest BCUT2D eigenvalue weighted by Crippen LogP contribution is -2.02. The minimum atomic E-state index is 0.376. The second kappa shape index (κ2) is 1.99. The molecule has 1 aliphatic heterocycles. The molecule has 0 saturated heterocycles. The first-order valence-electron chi connectivity index (χ1n) is 3.15. The van der Waals surface area contributed by atoms with Gasteiger partial charge in [-0.05, 0) is 22.9 Å². The standard InChI is InChI=1S/C6H7BrN2O/c1-4-3-10-6-5(7)2-8-9(4)6/h2,4H,3H2,1H3. The van der Waals surface area contributed by atoms with Crippen molar-refractivity contribution in [2.45, 2.75) is 13.0 Å². The van der Waals surface area contributed by atoms with E-state index in [1.807, 2.05) is 4.68 Å². The van der Waals surface area contributed by atoms with Crippen molar-refractivity contribution in [3.05, 3.63) is 10.7 Å². The Morgan fingerprint density at radius 3 is 3.40 bits per heavy atom. The number of aromatic nitrogens is 2. The minimum Gasteiger partial charge on any atom is -0.475 e. The number of hydrogen-bond acceptors (Lipinski definition) is 2. The molecule has 0 spiro atoms. The first-order chi connectivity index (χ1) is 4.79. The Morgan fingerprint density at radius 2 is 2.70 bits per heavy atom. The Hall–Kier alpha value is -0.510. The lowest BCUT2D eigenvalue weighted by atomic mass is 10.4. The van der Waals surface area contributed by atoms with E-state index in [-0.39, 0.29) is 0 Å². The molecule has 0 radical (unpaired) electrons. The minimum absolute atomic E-state index is 0.376. The summed E-state index contributed by atoms with van der Waals surface area (Å²) < 4.78 is 8.16. The average molecular weight is 203 g/mol. The molecule has 1 atom stereocenters. The molecule has 0 aromatic carbocycles. The van der Waals surface area contributed by atoms with Crippen LogP contribution >= 0.6 is 15.9 Å². The topological polar surface area (TPSA) is 27.1 Å². The fraction of sp³-hybridized carbons (Fsp3) is 0.500. The van der Waals surface area contributed by atoms with E-state index in [2.05, 4.69) is 28.0 Å². The first-order valence-corrected chi connectivity index (χ1v) is 3.94. The summed E-state index contributed by atoms with van der Waals surface area (Å²) in [6.07, 6.45) is 1.75. The molecule has 0 amide bonds. The Morgan fingerprint density at radius 1 is 1.90 bits per heavy atom. The summed E-state index contributed by atoms with van der Waals surface area (Å²) in [7, 11) is 0. The van der Waals surface area contributed by atoms with Crippen LogP contribution in [-0.2, 0) is 0 Å². The summed E-state index contributed by atoms with van der Waals surface area (Å²) in [6, 6.07) is 0.376. The molecule has 4 heteroatoms. The van der Waals surface area contributed by atoms with Crippen molar-refractivity contribution >= 4 is 15.9 Å². The first kappa shape index (κ1) is 6.22. The number of hydrogen-bond donors (Lipinski definition) is 0. The third-order valence-electron chi connectivity index (χ3n) is 1.59. The maximum Gasteiger partial charge on any atom is 0.226 e. The van der Waals surface area contributed by atoms with Gasteiger partial charge in [0.25, 0.3) is 0 Å². The molecule has 0 aliphatic carbocycles. The van der Waals surface area contributed by atoms with E-state index in [1.165, 1.54) is 0 Å². The van der Waals surface area contributed by atoms with E-state index in [4.69, 9.17) is 4.74 Å². The molecule has 10 heavy (non-hydrogen) atoms. The number of halogens is 1. The molecule has 0 bridgehead atoms. The monoisotopic (exact) mass is 202 g/mol. The van der Waals surface area contributed by atoms with Crippen LogP contribution in [-0.4, -0.2) is 16.4 Å². The fourth-order valence-corrected chi connectivity index (χ4v) is 1.44. The summed E-state index contributed by atoms with van der Waals surface area (Å²) in [4.78, 5) is 0. The van der Waals surface area contributed by atoms with Crippen LogP contribution in [0.5, 0.6) is 5.88 Å².